The van der Waals surface area contributed by atoms with E-state index < -0.39 is 0 Å². The molecule has 4 saturated carbocycles. The molecule has 1 aliphatic heterocycles. The molecular formula is C31H34N4O3. The Bertz CT molecular complexity index is 1450. The summed E-state index contributed by atoms with van der Waals surface area (Å²) in [4.78, 5) is 41.8. The number of nitrogens with one attached hydrogen (secondary N) is 2. The van der Waals surface area contributed by atoms with E-state index in [1.807, 2.05) is 43.4 Å². The van der Waals surface area contributed by atoms with E-state index in [2.05, 4.69) is 34.5 Å². The van der Waals surface area contributed by atoms with E-state index in [0.29, 0.717) is 23.3 Å². The summed E-state index contributed by atoms with van der Waals surface area (Å²) in [5.41, 5.74) is 9.80. The molecule has 196 valence electrons. The van der Waals surface area contributed by atoms with Crippen LogP contribution < -0.4 is 10.9 Å². The van der Waals surface area contributed by atoms with Crippen LogP contribution >= 0.6 is 0 Å². The summed E-state index contributed by atoms with van der Waals surface area (Å²) in [6.45, 7) is 1.92. The Balaban J connectivity index is 1.14. The number of carbonyl (C=O) groups is 3. The summed E-state index contributed by atoms with van der Waals surface area (Å²) < 4.78 is 2.14. The van der Waals surface area contributed by atoms with E-state index >= 15 is 0 Å². The first kappa shape index (κ1) is 23.5. The predicted molar refractivity (Wildman–Crippen MR) is 144 cm³/mol. The average Bonchev–Trinajstić information content (AvgIpc) is 3.31. The molecule has 4 fully saturated rings. The summed E-state index contributed by atoms with van der Waals surface area (Å²) in [7, 11) is 2.03. The summed E-state index contributed by atoms with van der Waals surface area (Å²) in [5.74, 6) is 1.34. The van der Waals surface area contributed by atoms with Crippen LogP contribution in [-0.2, 0) is 16.6 Å². The van der Waals surface area contributed by atoms with Crippen molar-refractivity contribution in [2.24, 2.45) is 30.2 Å². The maximum absolute atomic E-state index is 13.6. The van der Waals surface area contributed by atoms with Gasteiger partial charge >= 0.3 is 0 Å². The molecule has 3 amide bonds. The van der Waals surface area contributed by atoms with Gasteiger partial charge in [0.1, 0.15) is 6.54 Å². The fourth-order valence-electron chi connectivity index (χ4n) is 8.58. The smallest absolute Gasteiger partial charge is 0.258 e. The summed E-state index contributed by atoms with van der Waals surface area (Å²) in [6.07, 6.45) is 6.57. The molecular weight excluding hydrogens is 476 g/mol. The normalized spacial score (nSPS) is 29.1. The molecule has 4 bridgehead atoms. The van der Waals surface area contributed by atoms with Gasteiger partial charge in [0.2, 0.25) is 5.91 Å². The van der Waals surface area contributed by atoms with E-state index in [1.54, 1.807) is 4.90 Å². The van der Waals surface area contributed by atoms with Crippen molar-refractivity contribution in [1.29, 1.82) is 0 Å². The zero-order valence-corrected chi connectivity index (χ0v) is 22.0. The predicted octanol–water partition coefficient (Wildman–Crippen LogP) is 4.40. The summed E-state index contributed by atoms with van der Waals surface area (Å²) in [5, 5.41) is 1.07. The van der Waals surface area contributed by atoms with Gasteiger partial charge in [-0.1, -0.05) is 36.4 Å². The van der Waals surface area contributed by atoms with Crippen molar-refractivity contribution in [2.45, 2.75) is 51.5 Å². The fraction of sp³-hybridized carbons (Fsp3) is 0.452. The Morgan fingerprint density at radius 2 is 1.55 bits per heavy atom. The highest BCUT2D eigenvalue weighted by molar-refractivity contribution is 6.03. The van der Waals surface area contributed by atoms with E-state index in [0.717, 1.165) is 47.0 Å². The number of amides is 3. The van der Waals surface area contributed by atoms with Crippen LogP contribution in [0, 0.1) is 30.1 Å². The molecule has 38 heavy (non-hydrogen) atoms. The van der Waals surface area contributed by atoms with Crippen LogP contribution in [-0.4, -0.2) is 33.7 Å². The minimum atomic E-state index is -0.382. The Hall–Kier alpha value is -3.61. The Kier molecular flexibility index (Phi) is 5.23. The summed E-state index contributed by atoms with van der Waals surface area (Å²) in [6, 6.07) is 15.4. The van der Waals surface area contributed by atoms with Gasteiger partial charge in [0.25, 0.3) is 11.8 Å². The number of rotatable bonds is 4. The van der Waals surface area contributed by atoms with Crippen molar-refractivity contribution in [1.82, 2.24) is 20.3 Å². The number of hydrogen-bond donors (Lipinski definition) is 2. The minimum Gasteiger partial charge on any atom is -0.348 e. The number of benzene rings is 2. The highest BCUT2D eigenvalue weighted by Gasteiger charge is 2.54. The molecule has 2 N–H and O–H groups in total. The van der Waals surface area contributed by atoms with Crippen LogP contribution in [0.5, 0.6) is 0 Å². The average molecular weight is 511 g/mol. The van der Waals surface area contributed by atoms with Crippen LogP contribution in [0.1, 0.15) is 71.7 Å². The lowest BCUT2D eigenvalue weighted by atomic mass is 9.49. The number of fused-ring (bicyclic) bond motifs is 2. The first-order valence-electron chi connectivity index (χ1n) is 13.9. The molecule has 2 aromatic carbocycles. The first-order chi connectivity index (χ1) is 18.3. The number of hydrogen-bond acceptors (Lipinski definition) is 3. The fourth-order valence-corrected chi connectivity index (χ4v) is 8.58. The molecule has 0 saturated heterocycles. The van der Waals surface area contributed by atoms with Crippen LogP contribution in [0.3, 0.4) is 0 Å². The zero-order valence-electron chi connectivity index (χ0n) is 22.0. The van der Waals surface area contributed by atoms with Crippen molar-refractivity contribution < 1.29 is 14.4 Å². The van der Waals surface area contributed by atoms with E-state index in [9.17, 15) is 14.4 Å². The second-order valence-electron chi connectivity index (χ2n) is 12.2. The van der Waals surface area contributed by atoms with Crippen molar-refractivity contribution in [3.05, 3.63) is 70.9 Å². The van der Waals surface area contributed by atoms with E-state index in [1.165, 1.54) is 19.3 Å². The van der Waals surface area contributed by atoms with Crippen molar-refractivity contribution >= 4 is 28.6 Å². The number of para-hydroxylation sites is 1. The molecule has 0 radical (unpaired) electrons. The van der Waals surface area contributed by atoms with Crippen LogP contribution in [0.25, 0.3) is 10.9 Å². The Labute approximate surface area is 222 Å². The minimum absolute atomic E-state index is 0.0533. The quantitative estimate of drug-likeness (QED) is 0.511. The molecule has 8 rings (SSSR count). The van der Waals surface area contributed by atoms with Gasteiger partial charge in [-0.25, -0.2) is 0 Å². The number of nitrogens with zero attached hydrogens (tertiary/aromatic N) is 2. The van der Waals surface area contributed by atoms with Crippen LogP contribution in [0.15, 0.2) is 48.5 Å². The molecule has 1 atom stereocenters. The lowest BCUT2D eigenvalue weighted by Gasteiger charge is -2.55. The topological polar surface area (TPSA) is 83.4 Å². The van der Waals surface area contributed by atoms with Crippen LogP contribution in [0.2, 0.25) is 0 Å². The number of aryl methyl sites for hydroxylation is 1. The molecule has 4 aliphatic carbocycles. The highest BCUT2D eigenvalue weighted by atomic mass is 16.2. The van der Waals surface area contributed by atoms with Crippen LogP contribution in [0.4, 0.5) is 0 Å². The van der Waals surface area contributed by atoms with E-state index in [-0.39, 0.29) is 35.7 Å². The highest BCUT2D eigenvalue weighted by Crippen LogP contribution is 2.60. The maximum atomic E-state index is 13.6. The van der Waals surface area contributed by atoms with Crippen molar-refractivity contribution in [2.75, 3.05) is 6.54 Å². The third-order valence-electron chi connectivity index (χ3n) is 9.93. The maximum Gasteiger partial charge on any atom is 0.258 e. The molecule has 0 unspecified atom stereocenters. The monoisotopic (exact) mass is 510 g/mol. The summed E-state index contributed by atoms with van der Waals surface area (Å²) >= 11 is 0. The molecule has 1 aromatic heterocycles. The third kappa shape index (κ3) is 3.44. The van der Waals surface area contributed by atoms with Gasteiger partial charge in [0, 0.05) is 34.8 Å². The third-order valence-corrected chi connectivity index (χ3v) is 9.93. The number of hydrazine groups is 1. The number of carbonyl (C=O) groups excluding carboxylic acids is 3. The van der Waals surface area contributed by atoms with Gasteiger partial charge in [-0.05, 0) is 80.9 Å². The standard InChI is InChI=1S/C31H34N4O3/c1-18-27(24-9-5-6-10-25(24)34(18)2)28-22-7-3-4-8-23(22)29(37)35(28)17-26(36)32-33-30(38)31-14-19-11-20(15-31)13-21(12-19)16-31/h3-10,19-21,28H,11-17H2,1-2H3,(H,32,36)(H,33,38)/t19?,20?,21?,28-,31?/m0/s1. The zero-order chi connectivity index (χ0) is 26.2. The van der Waals surface area contributed by atoms with Gasteiger partial charge in [0.05, 0.1) is 11.5 Å². The van der Waals surface area contributed by atoms with Gasteiger partial charge < -0.3 is 9.47 Å². The van der Waals surface area contributed by atoms with E-state index in [4.69, 9.17) is 0 Å². The molecule has 3 aromatic rings. The SMILES string of the molecule is Cc1c([C@@H]2c3ccccc3C(=O)N2CC(=O)NNC(=O)C23CC4CC(CC(C4)C2)C3)c2ccccc2n1C. The van der Waals surface area contributed by atoms with Gasteiger partial charge in [0.15, 0.2) is 0 Å². The largest absolute Gasteiger partial charge is 0.348 e. The van der Waals surface area contributed by atoms with Gasteiger partial charge in [-0.2, -0.15) is 0 Å². The molecule has 0 spiro atoms. The van der Waals surface area contributed by atoms with Crippen molar-refractivity contribution in [3.8, 4) is 0 Å². The first-order valence-corrected chi connectivity index (χ1v) is 13.9. The Morgan fingerprint density at radius 1 is 0.921 bits per heavy atom. The second-order valence-corrected chi connectivity index (χ2v) is 12.2. The molecule has 2 heterocycles. The Morgan fingerprint density at radius 3 is 2.26 bits per heavy atom. The molecule has 5 aliphatic rings. The molecule has 7 heteroatoms. The second kappa shape index (κ2) is 8.45. The lowest BCUT2D eigenvalue weighted by molar-refractivity contribution is -0.149. The number of aromatic nitrogens is 1. The van der Waals surface area contributed by atoms with Crippen molar-refractivity contribution in [3.63, 3.8) is 0 Å². The van der Waals surface area contributed by atoms with Gasteiger partial charge in [-0.15, -0.1) is 0 Å². The molecule has 7 nitrogen and oxygen atoms in total. The lowest BCUT2D eigenvalue weighted by Crippen LogP contribution is -2.57. The van der Waals surface area contributed by atoms with Gasteiger partial charge in [-0.3, -0.25) is 25.2 Å².